The maximum absolute atomic E-state index is 3.66. The summed E-state index contributed by atoms with van der Waals surface area (Å²) >= 11 is 0. The standard InChI is InChI=1S/C16H30N2/c1-17-16(9-12-5-3-4-6-12)13-10-14-7-8-15(11-13)18(14)2/h12-17H,3-11H2,1-2H3. The van der Waals surface area contributed by atoms with Gasteiger partial charge in [0.05, 0.1) is 0 Å². The van der Waals surface area contributed by atoms with E-state index in [0.29, 0.717) is 0 Å². The lowest BCUT2D eigenvalue weighted by atomic mass is 9.81. The van der Waals surface area contributed by atoms with Crippen LogP contribution in [0.2, 0.25) is 0 Å². The highest BCUT2D eigenvalue weighted by Gasteiger charge is 2.41. The van der Waals surface area contributed by atoms with Crippen LogP contribution in [0.15, 0.2) is 0 Å². The van der Waals surface area contributed by atoms with Gasteiger partial charge in [-0.3, -0.25) is 0 Å². The van der Waals surface area contributed by atoms with E-state index in [2.05, 4.69) is 24.3 Å². The van der Waals surface area contributed by atoms with Crippen LogP contribution in [0.5, 0.6) is 0 Å². The first kappa shape index (κ1) is 12.9. The van der Waals surface area contributed by atoms with Crippen molar-refractivity contribution >= 4 is 0 Å². The zero-order valence-electron chi connectivity index (χ0n) is 12.2. The second kappa shape index (κ2) is 5.50. The van der Waals surface area contributed by atoms with Crippen LogP contribution >= 0.6 is 0 Å². The van der Waals surface area contributed by atoms with Crippen LogP contribution < -0.4 is 5.32 Å². The summed E-state index contributed by atoms with van der Waals surface area (Å²) < 4.78 is 0. The largest absolute Gasteiger partial charge is 0.317 e. The van der Waals surface area contributed by atoms with E-state index in [0.717, 1.165) is 30.0 Å². The topological polar surface area (TPSA) is 15.3 Å². The molecule has 3 unspecified atom stereocenters. The summed E-state index contributed by atoms with van der Waals surface area (Å²) in [6, 6.07) is 2.59. The van der Waals surface area contributed by atoms with Crippen LogP contribution in [0, 0.1) is 11.8 Å². The van der Waals surface area contributed by atoms with E-state index >= 15 is 0 Å². The fourth-order valence-electron chi connectivity index (χ4n) is 4.93. The molecule has 0 aromatic heterocycles. The molecule has 2 bridgehead atoms. The summed E-state index contributed by atoms with van der Waals surface area (Å²) in [5.74, 6) is 1.98. The Morgan fingerprint density at radius 1 is 1.06 bits per heavy atom. The number of hydrogen-bond acceptors (Lipinski definition) is 2. The van der Waals surface area contributed by atoms with Crippen molar-refractivity contribution in [3.05, 3.63) is 0 Å². The van der Waals surface area contributed by atoms with E-state index in [1.807, 2.05) is 0 Å². The zero-order chi connectivity index (χ0) is 12.5. The third-order valence-electron chi connectivity index (χ3n) is 6.14. The third-order valence-corrected chi connectivity index (χ3v) is 6.14. The molecule has 2 saturated heterocycles. The molecule has 0 amide bonds. The van der Waals surface area contributed by atoms with Gasteiger partial charge >= 0.3 is 0 Å². The number of rotatable bonds is 4. The van der Waals surface area contributed by atoms with Gasteiger partial charge in [0.2, 0.25) is 0 Å². The van der Waals surface area contributed by atoms with Crippen molar-refractivity contribution in [3.63, 3.8) is 0 Å². The Hall–Kier alpha value is -0.0800. The van der Waals surface area contributed by atoms with E-state index < -0.39 is 0 Å². The van der Waals surface area contributed by atoms with Gasteiger partial charge in [-0.25, -0.2) is 0 Å². The van der Waals surface area contributed by atoms with Crippen molar-refractivity contribution in [1.29, 1.82) is 0 Å². The Balaban J connectivity index is 1.58. The smallest absolute Gasteiger partial charge is 0.00989 e. The second-order valence-electron chi connectivity index (χ2n) is 7.06. The lowest BCUT2D eigenvalue weighted by Crippen LogP contribution is -2.46. The van der Waals surface area contributed by atoms with Gasteiger partial charge in [0.25, 0.3) is 0 Å². The Kier molecular flexibility index (Phi) is 3.95. The lowest BCUT2D eigenvalue weighted by Gasteiger charge is -2.40. The van der Waals surface area contributed by atoms with Crippen molar-refractivity contribution in [1.82, 2.24) is 10.2 Å². The van der Waals surface area contributed by atoms with Crippen molar-refractivity contribution in [3.8, 4) is 0 Å². The molecule has 0 aromatic rings. The molecular formula is C16H30N2. The minimum atomic E-state index is 0.796. The van der Waals surface area contributed by atoms with E-state index in [4.69, 9.17) is 0 Å². The molecular weight excluding hydrogens is 220 g/mol. The maximum atomic E-state index is 3.66. The first-order valence-electron chi connectivity index (χ1n) is 8.17. The van der Waals surface area contributed by atoms with Gasteiger partial charge < -0.3 is 10.2 Å². The molecule has 2 heteroatoms. The summed E-state index contributed by atoms with van der Waals surface area (Å²) in [6.07, 6.45) is 13.2. The van der Waals surface area contributed by atoms with Gasteiger partial charge in [-0.15, -0.1) is 0 Å². The molecule has 2 nitrogen and oxygen atoms in total. The molecule has 3 atom stereocenters. The second-order valence-corrected chi connectivity index (χ2v) is 7.06. The van der Waals surface area contributed by atoms with Gasteiger partial charge in [-0.2, -0.15) is 0 Å². The molecule has 1 saturated carbocycles. The Bertz CT molecular complexity index is 258. The first-order chi connectivity index (χ1) is 8.78. The number of fused-ring (bicyclic) bond motifs is 2. The summed E-state index contributed by atoms with van der Waals surface area (Å²) in [5.41, 5.74) is 0. The maximum Gasteiger partial charge on any atom is 0.00989 e. The monoisotopic (exact) mass is 250 g/mol. The van der Waals surface area contributed by atoms with Crippen molar-refractivity contribution in [2.24, 2.45) is 11.8 Å². The van der Waals surface area contributed by atoms with E-state index in [-0.39, 0.29) is 0 Å². The fraction of sp³-hybridized carbons (Fsp3) is 1.00. The Morgan fingerprint density at radius 2 is 1.67 bits per heavy atom. The molecule has 18 heavy (non-hydrogen) atoms. The highest BCUT2D eigenvalue weighted by Crippen LogP contribution is 2.40. The number of nitrogens with zero attached hydrogens (tertiary/aromatic N) is 1. The summed E-state index contributed by atoms with van der Waals surface area (Å²) in [4.78, 5) is 2.67. The van der Waals surface area contributed by atoms with Crippen molar-refractivity contribution in [2.45, 2.75) is 75.9 Å². The molecule has 0 radical (unpaired) electrons. The van der Waals surface area contributed by atoms with E-state index in [1.54, 1.807) is 0 Å². The quantitative estimate of drug-likeness (QED) is 0.825. The van der Waals surface area contributed by atoms with Gasteiger partial charge in [0.1, 0.15) is 0 Å². The van der Waals surface area contributed by atoms with Crippen LogP contribution in [-0.2, 0) is 0 Å². The summed E-state index contributed by atoms with van der Waals surface area (Å²) in [5, 5.41) is 3.66. The first-order valence-corrected chi connectivity index (χ1v) is 8.17. The average Bonchev–Trinajstić information content (AvgIpc) is 2.93. The van der Waals surface area contributed by atoms with Crippen LogP contribution in [0.25, 0.3) is 0 Å². The molecule has 1 N–H and O–H groups in total. The zero-order valence-corrected chi connectivity index (χ0v) is 12.2. The fourth-order valence-corrected chi connectivity index (χ4v) is 4.93. The Labute approximate surface area is 113 Å². The van der Waals surface area contributed by atoms with E-state index in [1.165, 1.54) is 57.8 Å². The summed E-state index contributed by atoms with van der Waals surface area (Å²) in [6.45, 7) is 0. The minimum Gasteiger partial charge on any atom is -0.317 e. The molecule has 3 aliphatic rings. The van der Waals surface area contributed by atoms with Gasteiger partial charge in [-0.05, 0) is 58.0 Å². The SMILES string of the molecule is CNC(CC1CCCC1)C1CC2CCC(C1)N2C. The molecule has 0 aromatic carbocycles. The van der Waals surface area contributed by atoms with Crippen molar-refractivity contribution < 1.29 is 0 Å². The van der Waals surface area contributed by atoms with Gasteiger partial charge in [0, 0.05) is 18.1 Å². The van der Waals surface area contributed by atoms with Crippen LogP contribution in [0.3, 0.4) is 0 Å². The molecule has 3 fully saturated rings. The van der Waals surface area contributed by atoms with Gasteiger partial charge in [0.15, 0.2) is 0 Å². The number of piperidine rings is 1. The van der Waals surface area contributed by atoms with Crippen LogP contribution in [0.4, 0.5) is 0 Å². The number of hydrogen-bond donors (Lipinski definition) is 1. The summed E-state index contributed by atoms with van der Waals surface area (Å²) in [7, 11) is 4.55. The molecule has 2 heterocycles. The molecule has 104 valence electrons. The van der Waals surface area contributed by atoms with E-state index in [9.17, 15) is 0 Å². The molecule has 0 spiro atoms. The average molecular weight is 250 g/mol. The van der Waals surface area contributed by atoms with Gasteiger partial charge in [-0.1, -0.05) is 25.7 Å². The predicted octanol–water partition coefficient (Wildman–Crippen LogP) is 3.03. The normalized spacial score (nSPS) is 39.3. The minimum absolute atomic E-state index is 0.796. The highest BCUT2D eigenvalue weighted by atomic mass is 15.2. The van der Waals surface area contributed by atoms with Crippen molar-refractivity contribution in [2.75, 3.05) is 14.1 Å². The molecule has 2 aliphatic heterocycles. The Morgan fingerprint density at radius 3 is 2.22 bits per heavy atom. The number of nitrogens with one attached hydrogen (secondary N) is 1. The molecule has 3 rings (SSSR count). The van der Waals surface area contributed by atoms with Crippen LogP contribution in [0.1, 0.15) is 57.8 Å². The third kappa shape index (κ3) is 2.46. The lowest BCUT2D eigenvalue weighted by molar-refractivity contribution is 0.107. The highest BCUT2D eigenvalue weighted by molar-refractivity contribution is 4.97. The predicted molar refractivity (Wildman–Crippen MR) is 76.7 cm³/mol. The molecule has 1 aliphatic carbocycles. The van der Waals surface area contributed by atoms with Crippen LogP contribution in [-0.4, -0.2) is 37.1 Å².